The van der Waals surface area contributed by atoms with Gasteiger partial charge < -0.3 is 5.11 Å². The van der Waals surface area contributed by atoms with Gasteiger partial charge in [-0.1, -0.05) is 19.8 Å². The molecule has 1 N–H and O–H groups in total. The maximum Gasteiger partial charge on any atom is 0.252 e. The molecule has 0 fully saturated rings. The predicted molar refractivity (Wildman–Crippen MR) is 74.4 cm³/mol. The zero-order valence-electron chi connectivity index (χ0n) is 10.9. The Morgan fingerprint density at radius 3 is 2.50 bits per heavy atom. The van der Waals surface area contributed by atoms with E-state index in [1.54, 1.807) is 12.1 Å². The Morgan fingerprint density at radius 2 is 2.00 bits per heavy atom. The molecule has 0 radical (unpaired) electrons. The van der Waals surface area contributed by atoms with E-state index in [-0.39, 0.29) is 13.2 Å². The highest BCUT2D eigenvalue weighted by atomic mass is 32.2. The number of hydrogen-bond acceptors (Lipinski definition) is 4. The predicted octanol–water partition coefficient (Wildman–Crippen LogP) is 2.23. The van der Waals surface area contributed by atoms with Gasteiger partial charge in [-0.3, -0.25) is 0 Å². The van der Waals surface area contributed by atoms with E-state index < -0.39 is 10.0 Å². The number of rotatable bonds is 8. The van der Waals surface area contributed by atoms with Gasteiger partial charge in [-0.25, -0.2) is 8.42 Å². The van der Waals surface area contributed by atoms with Gasteiger partial charge >= 0.3 is 0 Å². The van der Waals surface area contributed by atoms with Crippen LogP contribution >= 0.6 is 11.3 Å². The summed E-state index contributed by atoms with van der Waals surface area (Å²) >= 11 is 1.28. The lowest BCUT2D eigenvalue weighted by Gasteiger charge is -2.20. The quantitative estimate of drug-likeness (QED) is 0.747. The molecule has 6 heteroatoms. The van der Waals surface area contributed by atoms with Crippen molar-refractivity contribution in [2.24, 2.45) is 0 Å². The molecule has 0 amide bonds. The third kappa shape index (κ3) is 4.05. The van der Waals surface area contributed by atoms with Crippen molar-refractivity contribution in [3.63, 3.8) is 0 Å². The van der Waals surface area contributed by atoms with Gasteiger partial charge in [0.05, 0.1) is 6.61 Å². The normalized spacial score (nSPS) is 12.2. The molecule has 0 spiro atoms. The zero-order valence-corrected chi connectivity index (χ0v) is 12.6. The maximum absolute atomic E-state index is 12.4. The standard InChI is InChI=1S/C12H21NO3S2/c1-3-4-5-8-13(9-10-14)18(15,16)12-7-6-11(2)17-12/h6-7,14H,3-5,8-10H2,1-2H3. The van der Waals surface area contributed by atoms with Crippen molar-refractivity contribution in [3.8, 4) is 0 Å². The van der Waals surface area contributed by atoms with E-state index in [0.29, 0.717) is 10.8 Å². The van der Waals surface area contributed by atoms with E-state index in [4.69, 9.17) is 5.11 Å². The van der Waals surface area contributed by atoms with Gasteiger partial charge in [0.1, 0.15) is 4.21 Å². The van der Waals surface area contributed by atoms with Crippen LogP contribution in [0.2, 0.25) is 0 Å². The number of aliphatic hydroxyl groups excluding tert-OH is 1. The van der Waals surface area contributed by atoms with Crippen LogP contribution in [0.25, 0.3) is 0 Å². The molecule has 0 bridgehead atoms. The first-order valence-electron chi connectivity index (χ1n) is 6.19. The van der Waals surface area contributed by atoms with Gasteiger partial charge in [0.25, 0.3) is 10.0 Å². The summed E-state index contributed by atoms with van der Waals surface area (Å²) < 4.78 is 26.5. The van der Waals surface area contributed by atoms with Crippen LogP contribution in [0.3, 0.4) is 0 Å². The number of aliphatic hydroxyl groups is 1. The molecular weight excluding hydrogens is 270 g/mol. The topological polar surface area (TPSA) is 57.6 Å². The second-order valence-electron chi connectivity index (χ2n) is 4.20. The van der Waals surface area contributed by atoms with Crippen LogP contribution in [0.1, 0.15) is 31.1 Å². The smallest absolute Gasteiger partial charge is 0.252 e. The van der Waals surface area contributed by atoms with E-state index in [0.717, 1.165) is 24.1 Å². The molecule has 18 heavy (non-hydrogen) atoms. The monoisotopic (exact) mass is 291 g/mol. The lowest BCUT2D eigenvalue weighted by molar-refractivity contribution is 0.252. The Kier molecular flexibility index (Phi) is 6.28. The highest BCUT2D eigenvalue weighted by Gasteiger charge is 2.24. The van der Waals surface area contributed by atoms with Crippen LogP contribution < -0.4 is 0 Å². The van der Waals surface area contributed by atoms with Crippen molar-refractivity contribution < 1.29 is 13.5 Å². The van der Waals surface area contributed by atoms with Gasteiger partial charge in [0.15, 0.2) is 0 Å². The average Bonchev–Trinajstić information content (AvgIpc) is 2.75. The summed E-state index contributed by atoms with van der Waals surface area (Å²) in [5.74, 6) is 0. The fourth-order valence-electron chi connectivity index (χ4n) is 1.68. The zero-order chi connectivity index (χ0) is 13.6. The molecule has 0 atom stereocenters. The Morgan fingerprint density at radius 1 is 1.28 bits per heavy atom. The van der Waals surface area contributed by atoms with Crippen LogP contribution in [0.5, 0.6) is 0 Å². The molecular formula is C12H21NO3S2. The summed E-state index contributed by atoms with van der Waals surface area (Å²) in [7, 11) is -3.43. The summed E-state index contributed by atoms with van der Waals surface area (Å²) in [6.07, 6.45) is 2.88. The second-order valence-corrected chi connectivity index (χ2v) is 7.65. The maximum atomic E-state index is 12.4. The van der Waals surface area contributed by atoms with Crippen molar-refractivity contribution in [1.29, 1.82) is 0 Å². The Bertz CT molecular complexity index is 454. The lowest BCUT2D eigenvalue weighted by atomic mass is 10.2. The molecule has 0 aliphatic rings. The van der Waals surface area contributed by atoms with E-state index in [1.165, 1.54) is 15.6 Å². The molecule has 4 nitrogen and oxygen atoms in total. The van der Waals surface area contributed by atoms with Crippen molar-refractivity contribution in [1.82, 2.24) is 4.31 Å². The van der Waals surface area contributed by atoms with Crippen molar-refractivity contribution in [2.45, 2.75) is 37.3 Å². The SMILES string of the molecule is CCCCCN(CCO)S(=O)(=O)c1ccc(C)s1. The van der Waals surface area contributed by atoms with Crippen LogP contribution in [0.4, 0.5) is 0 Å². The van der Waals surface area contributed by atoms with Crippen LogP contribution in [0, 0.1) is 6.92 Å². The molecule has 0 saturated heterocycles. The molecule has 0 aliphatic carbocycles. The number of hydrogen-bond donors (Lipinski definition) is 1. The van der Waals surface area contributed by atoms with E-state index >= 15 is 0 Å². The van der Waals surface area contributed by atoms with Crippen LogP contribution in [0.15, 0.2) is 16.3 Å². The fraction of sp³-hybridized carbons (Fsp3) is 0.667. The van der Waals surface area contributed by atoms with E-state index in [1.807, 2.05) is 6.92 Å². The molecule has 0 unspecified atom stereocenters. The summed E-state index contributed by atoms with van der Waals surface area (Å²) in [6.45, 7) is 4.47. The Hall–Kier alpha value is -0.430. The molecule has 1 rings (SSSR count). The van der Waals surface area contributed by atoms with Gasteiger partial charge in [-0.2, -0.15) is 4.31 Å². The number of nitrogens with zero attached hydrogens (tertiary/aromatic N) is 1. The molecule has 1 aromatic heterocycles. The molecule has 1 heterocycles. The van der Waals surface area contributed by atoms with Crippen molar-refractivity contribution in [3.05, 3.63) is 17.0 Å². The van der Waals surface area contributed by atoms with Crippen molar-refractivity contribution >= 4 is 21.4 Å². The number of unbranched alkanes of at least 4 members (excludes halogenated alkanes) is 2. The van der Waals surface area contributed by atoms with Gasteiger partial charge in [0.2, 0.25) is 0 Å². The largest absolute Gasteiger partial charge is 0.395 e. The highest BCUT2D eigenvalue weighted by molar-refractivity contribution is 7.91. The summed E-state index contributed by atoms with van der Waals surface area (Å²) in [4.78, 5) is 0.978. The van der Waals surface area contributed by atoms with Crippen LogP contribution in [-0.2, 0) is 10.0 Å². The number of thiophene rings is 1. The summed E-state index contributed by atoms with van der Waals surface area (Å²) in [5.41, 5.74) is 0. The van der Waals surface area contributed by atoms with Gasteiger partial charge in [-0.15, -0.1) is 11.3 Å². The van der Waals surface area contributed by atoms with Crippen molar-refractivity contribution in [2.75, 3.05) is 19.7 Å². The molecule has 0 saturated carbocycles. The molecule has 1 aromatic rings. The summed E-state index contributed by atoms with van der Waals surface area (Å²) in [6, 6.07) is 3.44. The van der Waals surface area contributed by atoms with Gasteiger partial charge in [0, 0.05) is 18.0 Å². The first kappa shape index (κ1) is 15.6. The molecule has 104 valence electrons. The Balaban J connectivity index is 2.83. The molecule has 0 aliphatic heterocycles. The average molecular weight is 291 g/mol. The fourth-order valence-corrected chi connectivity index (χ4v) is 4.59. The summed E-state index contributed by atoms with van der Waals surface area (Å²) in [5, 5.41) is 9.01. The number of sulfonamides is 1. The van der Waals surface area contributed by atoms with E-state index in [9.17, 15) is 8.42 Å². The third-order valence-corrected chi connectivity index (χ3v) is 6.04. The first-order valence-corrected chi connectivity index (χ1v) is 8.45. The highest BCUT2D eigenvalue weighted by Crippen LogP contribution is 2.24. The van der Waals surface area contributed by atoms with Gasteiger partial charge in [-0.05, 0) is 25.5 Å². The van der Waals surface area contributed by atoms with Crippen LogP contribution in [-0.4, -0.2) is 37.5 Å². The third-order valence-electron chi connectivity index (χ3n) is 2.67. The number of aryl methyl sites for hydroxylation is 1. The minimum atomic E-state index is -3.43. The minimum absolute atomic E-state index is 0.143. The second kappa shape index (κ2) is 7.23. The Labute approximate surface area is 113 Å². The van der Waals surface area contributed by atoms with E-state index in [2.05, 4.69) is 6.92 Å². The minimum Gasteiger partial charge on any atom is -0.395 e. The first-order chi connectivity index (χ1) is 8.52. The lowest BCUT2D eigenvalue weighted by Crippen LogP contribution is -2.34. The molecule has 0 aromatic carbocycles.